The largest absolute Gasteiger partial charge is 0.382 e. The summed E-state index contributed by atoms with van der Waals surface area (Å²) in [5.41, 5.74) is 8.46. The molecule has 2 aromatic rings. The second kappa shape index (κ2) is 8.15. The Balaban J connectivity index is 0.000000847. The minimum atomic E-state index is 0.497. The molecule has 0 radical (unpaired) electrons. The third kappa shape index (κ3) is 4.21. The topological polar surface area (TPSA) is 55.0 Å². The summed E-state index contributed by atoms with van der Waals surface area (Å²) in [5.74, 6) is 0.497. The molecular weight excluding hydrogens is 292 g/mol. The molecule has 3 rings (SSSR count). The quantitative estimate of drug-likeness (QED) is 0.862. The van der Waals surface area contributed by atoms with Gasteiger partial charge in [0.2, 0.25) is 0 Å². The van der Waals surface area contributed by atoms with Crippen LogP contribution in [0.15, 0.2) is 35.4 Å². The summed E-state index contributed by atoms with van der Waals surface area (Å²) in [6.07, 6.45) is 4.34. The molecule has 5 heteroatoms. The van der Waals surface area contributed by atoms with Gasteiger partial charge in [-0.25, -0.2) is 14.3 Å². The van der Waals surface area contributed by atoms with Crippen molar-refractivity contribution in [3.8, 4) is 11.3 Å². The molecule has 2 heterocycles. The van der Waals surface area contributed by atoms with Crippen molar-refractivity contribution in [3.05, 3.63) is 36.2 Å². The molecule has 22 heavy (non-hydrogen) atoms. The minimum absolute atomic E-state index is 0.497. The van der Waals surface area contributed by atoms with Crippen LogP contribution in [0.2, 0.25) is 0 Å². The SMILES string of the molecule is CC.Cc1nc(-c2cccc(SN3CCCC3)c2)cnc1N. The number of hydrogen-bond donors (Lipinski definition) is 1. The number of anilines is 1. The van der Waals surface area contributed by atoms with E-state index in [-0.39, 0.29) is 0 Å². The summed E-state index contributed by atoms with van der Waals surface area (Å²) in [7, 11) is 0. The summed E-state index contributed by atoms with van der Waals surface area (Å²) < 4.78 is 2.42. The van der Waals surface area contributed by atoms with E-state index in [0.717, 1.165) is 17.0 Å². The normalized spacial score (nSPS) is 14.5. The first-order valence-electron chi connectivity index (χ1n) is 7.85. The summed E-state index contributed by atoms with van der Waals surface area (Å²) in [4.78, 5) is 9.94. The highest BCUT2D eigenvalue weighted by atomic mass is 32.2. The van der Waals surface area contributed by atoms with Crippen LogP contribution in [-0.4, -0.2) is 27.4 Å². The average Bonchev–Trinajstić information content (AvgIpc) is 3.05. The molecule has 118 valence electrons. The Morgan fingerprint density at radius 1 is 1.18 bits per heavy atom. The molecule has 0 amide bonds. The van der Waals surface area contributed by atoms with E-state index >= 15 is 0 Å². The van der Waals surface area contributed by atoms with E-state index in [4.69, 9.17) is 5.73 Å². The molecule has 1 aliphatic rings. The standard InChI is InChI=1S/C15H18N4S.C2H6/c1-11-15(16)17-10-14(18-11)12-5-4-6-13(9-12)20-19-7-2-3-8-19;1-2/h4-6,9-10H,2-3,7-8H2,1H3,(H2,16,17);1-2H3. The van der Waals surface area contributed by atoms with Gasteiger partial charge in [-0.2, -0.15) is 0 Å². The summed E-state index contributed by atoms with van der Waals surface area (Å²) in [5, 5.41) is 0. The van der Waals surface area contributed by atoms with Gasteiger partial charge in [0.25, 0.3) is 0 Å². The van der Waals surface area contributed by atoms with E-state index < -0.39 is 0 Å². The van der Waals surface area contributed by atoms with Crippen molar-refractivity contribution in [1.82, 2.24) is 14.3 Å². The zero-order chi connectivity index (χ0) is 15.9. The third-order valence-corrected chi connectivity index (χ3v) is 4.50. The Morgan fingerprint density at radius 3 is 2.59 bits per heavy atom. The molecular formula is C17H24N4S. The van der Waals surface area contributed by atoms with Crippen molar-refractivity contribution in [2.75, 3.05) is 18.8 Å². The first-order valence-corrected chi connectivity index (χ1v) is 8.62. The van der Waals surface area contributed by atoms with Gasteiger partial charge in [0, 0.05) is 23.5 Å². The van der Waals surface area contributed by atoms with Crippen LogP contribution in [0.1, 0.15) is 32.4 Å². The highest BCUT2D eigenvalue weighted by molar-refractivity contribution is 7.97. The fourth-order valence-corrected chi connectivity index (χ4v) is 3.33. The highest BCUT2D eigenvalue weighted by Gasteiger charge is 2.13. The Labute approximate surface area is 137 Å². The Bertz CT molecular complexity index is 609. The highest BCUT2D eigenvalue weighted by Crippen LogP contribution is 2.29. The molecule has 0 atom stereocenters. The number of hydrogen-bond acceptors (Lipinski definition) is 5. The van der Waals surface area contributed by atoms with Crippen LogP contribution in [0.5, 0.6) is 0 Å². The maximum atomic E-state index is 5.72. The van der Waals surface area contributed by atoms with Crippen LogP contribution in [0, 0.1) is 6.92 Å². The van der Waals surface area contributed by atoms with Gasteiger partial charge in [-0.05, 0) is 43.8 Å². The van der Waals surface area contributed by atoms with Crippen molar-refractivity contribution in [2.24, 2.45) is 0 Å². The number of aromatic nitrogens is 2. The van der Waals surface area contributed by atoms with Crippen molar-refractivity contribution >= 4 is 17.8 Å². The number of rotatable bonds is 3. The molecule has 4 nitrogen and oxygen atoms in total. The van der Waals surface area contributed by atoms with Crippen molar-refractivity contribution in [3.63, 3.8) is 0 Å². The Morgan fingerprint density at radius 2 is 1.91 bits per heavy atom. The van der Waals surface area contributed by atoms with E-state index in [1.807, 2.05) is 32.7 Å². The number of benzene rings is 1. The zero-order valence-electron chi connectivity index (χ0n) is 13.5. The summed E-state index contributed by atoms with van der Waals surface area (Å²) >= 11 is 1.83. The van der Waals surface area contributed by atoms with Crippen LogP contribution >= 0.6 is 11.9 Å². The summed E-state index contributed by atoms with van der Waals surface area (Å²) in [6, 6.07) is 8.45. The van der Waals surface area contributed by atoms with Crippen molar-refractivity contribution < 1.29 is 0 Å². The first kappa shape index (κ1) is 16.8. The summed E-state index contributed by atoms with van der Waals surface area (Å²) in [6.45, 7) is 8.24. The molecule has 0 bridgehead atoms. The number of nitrogen functional groups attached to an aromatic ring is 1. The second-order valence-corrected chi connectivity index (χ2v) is 6.15. The van der Waals surface area contributed by atoms with E-state index in [1.165, 1.54) is 30.8 Å². The average molecular weight is 316 g/mol. The fraction of sp³-hybridized carbons (Fsp3) is 0.412. The molecule has 1 aromatic carbocycles. The van der Waals surface area contributed by atoms with Crippen LogP contribution < -0.4 is 5.73 Å². The Kier molecular flexibility index (Phi) is 6.21. The van der Waals surface area contributed by atoms with Gasteiger partial charge in [-0.15, -0.1) is 0 Å². The molecule has 0 unspecified atom stereocenters. The lowest BCUT2D eigenvalue weighted by atomic mass is 10.1. The van der Waals surface area contributed by atoms with Crippen molar-refractivity contribution in [1.29, 1.82) is 0 Å². The van der Waals surface area contributed by atoms with Crippen molar-refractivity contribution in [2.45, 2.75) is 38.5 Å². The lowest BCUT2D eigenvalue weighted by Gasteiger charge is -2.13. The zero-order valence-corrected chi connectivity index (χ0v) is 14.4. The van der Waals surface area contributed by atoms with E-state index in [0.29, 0.717) is 5.82 Å². The van der Waals surface area contributed by atoms with Crippen LogP contribution in [0.4, 0.5) is 5.82 Å². The fourth-order valence-electron chi connectivity index (χ4n) is 2.27. The van der Waals surface area contributed by atoms with Gasteiger partial charge < -0.3 is 5.73 Å². The van der Waals surface area contributed by atoms with Crippen LogP contribution in [0.3, 0.4) is 0 Å². The van der Waals surface area contributed by atoms with Gasteiger partial charge >= 0.3 is 0 Å². The Hall–Kier alpha value is -1.59. The van der Waals surface area contributed by atoms with E-state index in [9.17, 15) is 0 Å². The van der Waals surface area contributed by atoms with Gasteiger partial charge in [0.05, 0.1) is 17.6 Å². The molecule has 0 spiro atoms. The smallest absolute Gasteiger partial charge is 0.144 e. The molecule has 1 aliphatic heterocycles. The molecule has 1 aromatic heterocycles. The molecule has 1 saturated heterocycles. The maximum absolute atomic E-state index is 5.72. The van der Waals surface area contributed by atoms with Gasteiger partial charge in [-0.1, -0.05) is 26.0 Å². The second-order valence-electron chi connectivity index (χ2n) is 4.98. The predicted octanol–water partition coefficient (Wildman–Crippen LogP) is 4.16. The number of nitrogens with zero attached hydrogens (tertiary/aromatic N) is 3. The van der Waals surface area contributed by atoms with Gasteiger partial charge in [-0.3, -0.25) is 0 Å². The lowest BCUT2D eigenvalue weighted by Crippen LogP contribution is -2.08. The van der Waals surface area contributed by atoms with Crippen LogP contribution in [-0.2, 0) is 0 Å². The predicted molar refractivity (Wildman–Crippen MR) is 94.6 cm³/mol. The van der Waals surface area contributed by atoms with E-state index in [1.54, 1.807) is 6.20 Å². The van der Waals surface area contributed by atoms with Gasteiger partial charge in [0.1, 0.15) is 5.82 Å². The van der Waals surface area contributed by atoms with Gasteiger partial charge in [0.15, 0.2) is 0 Å². The van der Waals surface area contributed by atoms with E-state index in [2.05, 4.69) is 38.5 Å². The molecule has 1 fully saturated rings. The number of nitrogens with two attached hydrogens (primary N) is 1. The molecule has 2 N–H and O–H groups in total. The van der Waals surface area contributed by atoms with Crippen LogP contribution in [0.25, 0.3) is 11.3 Å². The maximum Gasteiger partial charge on any atom is 0.144 e. The molecule has 0 aliphatic carbocycles. The third-order valence-electron chi connectivity index (χ3n) is 3.41. The lowest BCUT2D eigenvalue weighted by molar-refractivity contribution is 0.586. The minimum Gasteiger partial charge on any atom is -0.382 e. The monoisotopic (exact) mass is 316 g/mol. The number of aryl methyl sites for hydroxylation is 1. The molecule has 0 saturated carbocycles. The first-order chi connectivity index (χ1) is 10.7.